The Morgan fingerprint density at radius 3 is 2.38 bits per heavy atom. The van der Waals surface area contributed by atoms with Crippen LogP contribution in [0.2, 0.25) is 0 Å². The lowest BCUT2D eigenvalue weighted by Gasteiger charge is -2.11. The van der Waals surface area contributed by atoms with E-state index in [1.54, 1.807) is 0 Å². The summed E-state index contributed by atoms with van der Waals surface area (Å²) >= 11 is 0. The van der Waals surface area contributed by atoms with E-state index in [1.807, 2.05) is 0 Å². The van der Waals surface area contributed by atoms with E-state index < -0.39 is 0 Å². The summed E-state index contributed by atoms with van der Waals surface area (Å²) in [5.41, 5.74) is 8.86. The van der Waals surface area contributed by atoms with Gasteiger partial charge in [0.25, 0.3) is 0 Å². The molecule has 0 spiro atoms. The van der Waals surface area contributed by atoms with Crippen LogP contribution in [0.4, 0.5) is 0 Å². The van der Waals surface area contributed by atoms with Gasteiger partial charge in [-0.15, -0.1) is 0 Å². The van der Waals surface area contributed by atoms with Crippen molar-refractivity contribution in [2.75, 3.05) is 0 Å². The van der Waals surface area contributed by atoms with Gasteiger partial charge in [0.05, 0.1) is 0 Å². The fourth-order valence-corrected chi connectivity index (χ4v) is 2.67. The quantitative estimate of drug-likeness (QED) is 0.824. The zero-order valence-electron chi connectivity index (χ0n) is 10.4. The molecular formula is C15H23N. The Morgan fingerprint density at radius 1 is 1.19 bits per heavy atom. The van der Waals surface area contributed by atoms with E-state index in [2.05, 4.69) is 38.1 Å². The van der Waals surface area contributed by atoms with Crippen molar-refractivity contribution in [3.63, 3.8) is 0 Å². The summed E-state index contributed by atoms with van der Waals surface area (Å²) in [6, 6.07) is 9.59. The number of rotatable bonds is 3. The minimum atomic E-state index is 0.458. The first-order chi connectivity index (χ1) is 7.65. The molecule has 1 heteroatoms. The van der Waals surface area contributed by atoms with E-state index in [4.69, 9.17) is 5.73 Å². The molecule has 0 bridgehead atoms. The Hall–Kier alpha value is -0.820. The first-order valence-corrected chi connectivity index (χ1v) is 6.49. The van der Waals surface area contributed by atoms with Gasteiger partial charge in [-0.3, -0.25) is 0 Å². The molecule has 0 heterocycles. The lowest BCUT2D eigenvalue weighted by atomic mass is 9.95. The van der Waals surface area contributed by atoms with E-state index in [0.29, 0.717) is 12.0 Å². The van der Waals surface area contributed by atoms with E-state index in [1.165, 1.54) is 36.8 Å². The molecule has 1 nitrogen and oxygen atoms in total. The Morgan fingerprint density at radius 2 is 1.88 bits per heavy atom. The van der Waals surface area contributed by atoms with Crippen molar-refractivity contribution in [1.29, 1.82) is 0 Å². The van der Waals surface area contributed by atoms with Crippen LogP contribution < -0.4 is 5.73 Å². The van der Waals surface area contributed by atoms with E-state index >= 15 is 0 Å². The summed E-state index contributed by atoms with van der Waals surface area (Å²) < 4.78 is 0. The third-order valence-corrected chi connectivity index (χ3v) is 3.75. The van der Waals surface area contributed by atoms with Gasteiger partial charge in [-0.1, -0.05) is 38.1 Å². The van der Waals surface area contributed by atoms with E-state index in [0.717, 1.165) is 5.92 Å². The summed E-state index contributed by atoms with van der Waals surface area (Å²) in [4.78, 5) is 0. The molecule has 16 heavy (non-hydrogen) atoms. The lowest BCUT2D eigenvalue weighted by Crippen LogP contribution is -2.15. The normalized spacial score (nSPS) is 25.2. The molecule has 0 radical (unpaired) electrons. The first kappa shape index (κ1) is 11.7. The SMILES string of the molecule is CC(C)c1ccc(CC2CCC(N)C2)cc1. The zero-order chi connectivity index (χ0) is 11.5. The number of hydrogen-bond acceptors (Lipinski definition) is 1. The van der Waals surface area contributed by atoms with Crippen molar-refractivity contribution < 1.29 is 0 Å². The van der Waals surface area contributed by atoms with Crippen LogP contribution in [-0.4, -0.2) is 6.04 Å². The van der Waals surface area contributed by atoms with Gasteiger partial charge in [-0.25, -0.2) is 0 Å². The van der Waals surface area contributed by atoms with Gasteiger partial charge >= 0.3 is 0 Å². The molecule has 0 aliphatic heterocycles. The summed E-state index contributed by atoms with van der Waals surface area (Å²) in [5, 5.41) is 0. The van der Waals surface area contributed by atoms with Gasteiger partial charge in [0, 0.05) is 6.04 Å². The van der Waals surface area contributed by atoms with E-state index in [-0.39, 0.29) is 0 Å². The molecule has 1 aliphatic carbocycles. The molecule has 1 fully saturated rings. The summed E-state index contributed by atoms with van der Waals surface area (Å²) in [6.45, 7) is 4.48. The van der Waals surface area contributed by atoms with Gasteiger partial charge in [-0.2, -0.15) is 0 Å². The van der Waals surface area contributed by atoms with Crippen LogP contribution in [0, 0.1) is 5.92 Å². The van der Waals surface area contributed by atoms with Crippen LogP contribution in [0.5, 0.6) is 0 Å². The van der Waals surface area contributed by atoms with Crippen molar-refractivity contribution in [2.45, 2.75) is 51.5 Å². The third kappa shape index (κ3) is 2.85. The second kappa shape index (κ2) is 5.01. The molecule has 88 valence electrons. The molecule has 1 aromatic carbocycles. The maximum atomic E-state index is 5.94. The molecule has 1 saturated carbocycles. The fourth-order valence-electron chi connectivity index (χ4n) is 2.67. The van der Waals surface area contributed by atoms with Crippen molar-refractivity contribution in [3.8, 4) is 0 Å². The second-order valence-corrected chi connectivity index (χ2v) is 5.54. The van der Waals surface area contributed by atoms with Crippen LogP contribution >= 0.6 is 0 Å². The number of benzene rings is 1. The molecule has 2 unspecified atom stereocenters. The van der Waals surface area contributed by atoms with Crippen LogP contribution in [0.25, 0.3) is 0 Å². The molecular weight excluding hydrogens is 194 g/mol. The highest BCUT2D eigenvalue weighted by molar-refractivity contribution is 5.25. The van der Waals surface area contributed by atoms with Gasteiger partial charge in [-0.05, 0) is 48.6 Å². The maximum absolute atomic E-state index is 5.94. The molecule has 1 aliphatic rings. The van der Waals surface area contributed by atoms with Crippen molar-refractivity contribution in [3.05, 3.63) is 35.4 Å². The maximum Gasteiger partial charge on any atom is 0.00416 e. The minimum absolute atomic E-state index is 0.458. The Labute approximate surface area is 99.0 Å². The summed E-state index contributed by atoms with van der Waals surface area (Å²) in [7, 11) is 0. The molecule has 2 rings (SSSR count). The molecule has 0 saturated heterocycles. The van der Waals surface area contributed by atoms with Gasteiger partial charge in [0.2, 0.25) is 0 Å². The second-order valence-electron chi connectivity index (χ2n) is 5.54. The van der Waals surface area contributed by atoms with Gasteiger partial charge < -0.3 is 5.73 Å². The highest BCUT2D eigenvalue weighted by Gasteiger charge is 2.21. The number of nitrogens with two attached hydrogens (primary N) is 1. The van der Waals surface area contributed by atoms with E-state index in [9.17, 15) is 0 Å². The van der Waals surface area contributed by atoms with Crippen LogP contribution in [-0.2, 0) is 6.42 Å². The van der Waals surface area contributed by atoms with Gasteiger partial charge in [0.1, 0.15) is 0 Å². The van der Waals surface area contributed by atoms with Crippen molar-refractivity contribution >= 4 is 0 Å². The predicted octanol–water partition coefficient (Wildman–Crippen LogP) is 3.48. The van der Waals surface area contributed by atoms with Crippen LogP contribution in [0.3, 0.4) is 0 Å². The predicted molar refractivity (Wildman–Crippen MR) is 69.6 cm³/mol. The molecule has 1 aromatic rings. The molecule has 2 atom stereocenters. The molecule has 2 N–H and O–H groups in total. The zero-order valence-corrected chi connectivity index (χ0v) is 10.4. The monoisotopic (exact) mass is 217 g/mol. The largest absolute Gasteiger partial charge is 0.328 e. The van der Waals surface area contributed by atoms with Gasteiger partial charge in [0.15, 0.2) is 0 Å². The molecule has 0 amide bonds. The van der Waals surface area contributed by atoms with Crippen molar-refractivity contribution in [1.82, 2.24) is 0 Å². The number of hydrogen-bond donors (Lipinski definition) is 1. The Bertz CT molecular complexity index is 326. The summed E-state index contributed by atoms with van der Waals surface area (Å²) in [5.74, 6) is 1.45. The Kier molecular flexibility index (Phi) is 3.65. The summed E-state index contributed by atoms with van der Waals surface area (Å²) in [6.07, 6.45) is 4.96. The average Bonchev–Trinajstić information content (AvgIpc) is 2.65. The average molecular weight is 217 g/mol. The van der Waals surface area contributed by atoms with Crippen LogP contribution in [0.15, 0.2) is 24.3 Å². The third-order valence-electron chi connectivity index (χ3n) is 3.75. The first-order valence-electron chi connectivity index (χ1n) is 6.49. The highest BCUT2D eigenvalue weighted by atomic mass is 14.6. The minimum Gasteiger partial charge on any atom is -0.328 e. The van der Waals surface area contributed by atoms with Crippen LogP contribution in [0.1, 0.15) is 50.2 Å². The smallest absolute Gasteiger partial charge is 0.00416 e. The lowest BCUT2D eigenvalue weighted by molar-refractivity contribution is 0.535. The fraction of sp³-hybridized carbons (Fsp3) is 0.600. The van der Waals surface area contributed by atoms with Crippen molar-refractivity contribution in [2.24, 2.45) is 11.7 Å². The topological polar surface area (TPSA) is 26.0 Å². The molecule has 0 aromatic heterocycles. The standard InChI is InChI=1S/C15H23N/c1-11(2)14-6-3-12(4-7-14)9-13-5-8-15(16)10-13/h3-4,6-7,11,13,15H,5,8-10,16H2,1-2H3. The Balaban J connectivity index is 1.95. The highest BCUT2D eigenvalue weighted by Crippen LogP contribution is 2.27.